The first-order chi connectivity index (χ1) is 6.77. The highest BCUT2D eigenvalue weighted by atomic mass is 35.5. The van der Waals surface area contributed by atoms with Gasteiger partial charge in [0.1, 0.15) is 12.4 Å². The van der Waals surface area contributed by atoms with Crippen molar-refractivity contribution in [3.05, 3.63) is 23.5 Å². The molecule has 1 aromatic rings. The smallest absolute Gasteiger partial charge is 0.142 e. The molecule has 0 fully saturated rings. The maximum atomic E-state index is 5.74. The van der Waals surface area contributed by atoms with Gasteiger partial charge in [-0.3, -0.25) is 4.98 Å². The van der Waals surface area contributed by atoms with Gasteiger partial charge in [-0.2, -0.15) is 0 Å². The number of hydrogen-bond acceptors (Lipinski definition) is 3. The Morgan fingerprint density at radius 3 is 2.79 bits per heavy atom. The van der Waals surface area contributed by atoms with Gasteiger partial charge in [0, 0.05) is 12.8 Å². The second-order valence-corrected chi connectivity index (χ2v) is 3.14. The monoisotopic (exact) mass is 215 g/mol. The molecule has 0 atom stereocenters. The van der Waals surface area contributed by atoms with Crippen LogP contribution in [0.5, 0.6) is 5.75 Å². The van der Waals surface area contributed by atoms with Gasteiger partial charge in [-0.25, -0.2) is 0 Å². The molecule has 1 rings (SSSR count). The maximum Gasteiger partial charge on any atom is 0.142 e. The van der Waals surface area contributed by atoms with Gasteiger partial charge in [-0.05, 0) is 19.1 Å². The van der Waals surface area contributed by atoms with Crippen LogP contribution in [0, 0.1) is 6.92 Å². The van der Waals surface area contributed by atoms with Crippen LogP contribution in [0.1, 0.15) is 11.4 Å². The van der Waals surface area contributed by atoms with Gasteiger partial charge >= 0.3 is 0 Å². The topological polar surface area (TPSA) is 31.4 Å². The van der Waals surface area contributed by atoms with Crippen LogP contribution in [0.15, 0.2) is 12.1 Å². The predicted molar refractivity (Wildman–Crippen MR) is 55.9 cm³/mol. The van der Waals surface area contributed by atoms with Crippen molar-refractivity contribution in [2.24, 2.45) is 0 Å². The molecule has 0 aromatic carbocycles. The number of aromatic nitrogens is 1. The molecule has 0 radical (unpaired) electrons. The van der Waals surface area contributed by atoms with Crippen molar-refractivity contribution in [3.63, 3.8) is 0 Å². The average molecular weight is 216 g/mol. The Kier molecular flexibility index (Phi) is 4.70. The van der Waals surface area contributed by atoms with Crippen LogP contribution in [0.3, 0.4) is 0 Å². The lowest BCUT2D eigenvalue weighted by molar-refractivity contribution is 0.145. The van der Waals surface area contributed by atoms with Crippen molar-refractivity contribution in [2.45, 2.75) is 12.8 Å². The highest BCUT2D eigenvalue weighted by molar-refractivity contribution is 6.17. The molecule has 1 aromatic heterocycles. The molecule has 0 aliphatic rings. The molecule has 0 spiro atoms. The van der Waals surface area contributed by atoms with Crippen LogP contribution in [0.25, 0.3) is 0 Å². The number of aryl methyl sites for hydroxylation is 1. The van der Waals surface area contributed by atoms with Gasteiger partial charge in [0.05, 0.1) is 18.2 Å². The Morgan fingerprint density at radius 2 is 2.14 bits per heavy atom. The summed E-state index contributed by atoms with van der Waals surface area (Å²) >= 11 is 5.74. The Hall–Kier alpha value is -0.800. The summed E-state index contributed by atoms with van der Waals surface area (Å²) in [5.41, 5.74) is 1.72. The van der Waals surface area contributed by atoms with E-state index in [1.165, 1.54) is 0 Å². The molecule has 78 valence electrons. The quantitative estimate of drug-likeness (QED) is 0.557. The van der Waals surface area contributed by atoms with E-state index >= 15 is 0 Å². The van der Waals surface area contributed by atoms with E-state index in [1.807, 2.05) is 19.1 Å². The molecule has 0 N–H and O–H groups in total. The number of rotatable bonds is 5. The fourth-order valence-corrected chi connectivity index (χ4v) is 1.25. The van der Waals surface area contributed by atoms with Crippen molar-refractivity contribution in [1.82, 2.24) is 4.98 Å². The normalized spacial score (nSPS) is 10.2. The lowest BCUT2D eigenvalue weighted by Crippen LogP contribution is -2.06. The first kappa shape index (κ1) is 11.3. The molecule has 4 heteroatoms. The van der Waals surface area contributed by atoms with Crippen molar-refractivity contribution in [2.75, 3.05) is 20.3 Å². The summed E-state index contributed by atoms with van der Waals surface area (Å²) < 4.78 is 10.3. The summed E-state index contributed by atoms with van der Waals surface area (Å²) in [6, 6.07) is 3.79. The number of ether oxygens (including phenoxy) is 2. The summed E-state index contributed by atoms with van der Waals surface area (Å²) in [5.74, 6) is 1.10. The second-order valence-electron chi connectivity index (χ2n) is 2.87. The predicted octanol–water partition coefficient (Wildman–Crippen LogP) is 2.15. The van der Waals surface area contributed by atoms with E-state index in [0.717, 1.165) is 17.1 Å². The third-order valence-electron chi connectivity index (χ3n) is 1.74. The molecule has 0 saturated heterocycles. The van der Waals surface area contributed by atoms with E-state index in [9.17, 15) is 0 Å². The Bertz CT molecular complexity index is 291. The van der Waals surface area contributed by atoms with Crippen LogP contribution in [0.2, 0.25) is 0 Å². The molecule has 0 aliphatic heterocycles. The molecule has 3 nitrogen and oxygen atoms in total. The maximum absolute atomic E-state index is 5.74. The fourth-order valence-electron chi connectivity index (χ4n) is 1.06. The van der Waals surface area contributed by atoms with Crippen LogP contribution in [-0.4, -0.2) is 25.3 Å². The molecule has 14 heavy (non-hydrogen) atoms. The minimum absolute atomic E-state index is 0.365. The summed E-state index contributed by atoms with van der Waals surface area (Å²) in [7, 11) is 1.64. The molecular formula is C10H14ClNO2. The van der Waals surface area contributed by atoms with Crippen molar-refractivity contribution in [1.29, 1.82) is 0 Å². The van der Waals surface area contributed by atoms with Crippen molar-refractivity contribution >= 4 is 11.6 Å². The summed E-state index contributed by atoms with van der Waals surface area (Å²) in [4.78, 5) is 4.27. The van der Waals surface area contributed by atoms with Gasteiger partial charge in [0.25, 0.3) is 0 Å². The Balaban J connectivity index is 2.65. The van der Waals surface area contributed by atoms with Gasteiger partial charge in [-0.1, -0.05) is 0 Å². The molecular weight excluding hydrogens is 202 g/mol. The number of pyridine rings is 1. The zero-order valence-corrected chi connectivity index (χ0v) is 9.17. The molecule has 1 heterocycles. The van der Waals surface area contributed by atoms with Crippen LogP contribution < -0.4 is 4.74 Å². The number of hydrogen-bond donors (Lipinski definition) is 0. The molecule has 0 aliphatic carbocycles. The van der Waals surface area contributed by atoms with Gasteiger partial charge in [0.15, 0.2) is 0 Å². The minimum atomic E-state index is 0.365. The van der Waals surface area contributed by atoms with Gasteiger partial charge in [-0.15, -0.1) is 11.6 Å². The SMILES string of the molecule is COCCOc1ccc(C)nc1CCl. The standard InChI is InChI=1S/C10H14ClNO2/c1-8-3-4-10(9(7-11)12-8)14-6-5-13-2/h3-4H,5-7H2,1-2H3. The van der Waals surface area contributed by atoms with E-state index in [2.05, 4.69) is 4.98 Å². The fraction of sp³-hybridized carbons (Fsp3) is 0.500. The zero-order valence-electron chi connectivity index (χ0n) is 8.42. The van der Waals surface area contributed by atoms with E-state index in [-0.39, 0.29) is 0 Å². The summed E-state index contributed by atoms with van der Waals surface area (Å²) in [6.45, 7) is 3.01. The second kappa shape index (κ2) is 5.83. The third-order valence-corrected chi connectivity index (χ3v) is 2.00. The summed E-state index contributed by atoms with van der Waals surface area (Å²) in [6.07, 6.45) is 0. The Morgan fingerprint density at radius 1 is 1.36 bits per heavy atom. The molecule has 0 unspecified atom stereocenters. The Labute approximate surface area is 89.0 Å². The van der Waals surface area contributed by atoms with E-state index < -0.39 is 0 Å². The van der Waals surface area contributed by atoms with E-state index in [1.54, 1.807) is 7.11 Å². The van der Waals surface area contributed by atoms with E-state index in [4.69, 9.17) is 21.1 Å². The van der Waals surface area contributed by atoms with Crippen LogP contribution >= 0.6 is 11.6 Å². The lowest BCUT2D eigenvalue weighted by atomic mass is 10.3. The zero-order chi connectivity index (χ0) is 10.4. The molecule has 0 saturated carbocycles. The van der Waals surface area contributed by atoms with E-state index in [0.29, 0.717) is 19.1 Å². The number of nitrogens with zero attached hydrogens (tertiary/aromatic N) is 1. The average Bonchev–Trinajstić information content (AvgIpc) is 2.20. The molecule has 0 bridgehead atoms. The largest absolute Gasteiger partial charge is 0.489 e. The third kappa shape index (κ3) is 3.16. The number of methoxy groups -OCH3 is 1. The number of alkyl halides is 1. The highest BCUT2D eigenvalue weighted by Crippen LogP contribution is 2.18. The van der Waals surface area contributed by atoms with Crippen molar-refractivity contribution < 1.29 is 9.47 Å². The lowest BCUT2D eigenvalue weighted by Gasteiger charge is -2.09. The van der Waals surface area contributed by atoms with Gasteiger partial charge < -0.3 is 9.47 Å². The first-order valence-electron chi connectivity index (χ1n) is 4.42. The van der Waals surface area contributed by atoms with Crippen LogP contribution in [-0.2, 0) is 10.6 Å². The molecule has 0 amide bonds. The summed E-state index contributed by atoms with van der Waals surface area (Å²) in [5, 5.41) is 0. The first-order valence-corrected chi connectivity index (χ1v) is 4.95. The van der Waals surface area contributed by atoms with Gasteiger partial charge in [0.2, 0.25) is 0 Å². The minimum Gasteiger partial charge on any atom is -0.489 e. The highest BCUT2D eigenvalue weighted by Gasteiger charge is 2.03. The van der Waals surface area contributed by atoms with Crippen molar-refractivity contribution in [3.8, 4) is 5.75 Å². The van der Waals surface area contributed by atoms with Crippen LogP contribution in [0.4, 0.5) is 0 Å². The number of halogens is 1.